The van der Waals surface area contributed by atoms with Gasteiger partial charge in [-0.2, -0.15) is 0 Å². The van der Waals surface area contributed by atoms with Gasteiger partial charge in [0.1, 0.15) is 6.29 Å². The lowest BCUT2D eigenvalue weighted by Crippen LogP contribution is -1.93. The smallest absolute Gasteiger partial charge is 0.142 e. The van der Waals surface area contributed by atoms with Gasteiger partial charge < -0.3 is 0 Å². The van der Waals surface area contributed by atoms with Gasteiger partial charge in [0.2, 0.25) is 0 Å². The van der Waals surface area contributed by atoms with Gasteiger partial charge in [-0.1, -0.05) is 50.6 Å². The predicted molar refractivity (Wildman–Crippen MR) is 69.3 cm³/mol. The van der Waals surface area contributed by atoms with Crippen molar-refractivity contribution in [1.29, 1.82) is 0 Å². The van der Waals surface area contributed by atoms with Crippen molar-refractivity contribution < 1.29 is 4.79 Å². The van der Waals surface area contributed by atoms with Crippen LogP contribution in [0.2, 0.25) is 0 Å². The summed E-state index contributed by atoms with van der Waals surface area (Å²) < 4.78 is 0. The molecule has 0 unspecified atom stereocenters. The first kappa shape index (κ1) is 12.7. The minimum Gasteiger partial charge on any atom is -0.299 e. The van der Waals surface area contributed by atoms with Crippen LogP contribution in [0.4, 0.5) is 0 Å². The zero-order valence-corrected chi connectivity index (χ0v) is 10.1. The van der Waals surface area contributed by atoms with E-state index < -0.39 is 0 Å². The Balaban J connectivity index is 2.63. The highest BCUT2D eigenvalue weighted by Crippen LogP contribution is 2.15. The second-order valence-corrected chi connectivity index (χ2v) is 4.48. The molecule has 1 nitrogen and oxygen atoms in total. The van der Waals surface area contributed by atoms with Gasteiger partial charge in [0.05, 0.1) is 0 Å². The van der Waals surface area contributed by atoms with Crippen molar-refractivity contribution in [3.8, 4) is 0 Å². The first-order valence-electron chi connectivity index (χ1n) is 5.93. The molecule has 0 aliphatic rings. The first-order valence-corrected chi connectivity index (χ1v) is 5.93. The summed E-state index contributed by atoms with van der Waals surface area (Å²) >= 11 is 0. The Morgan fingerprint density at radius 2 is 2.00 bits per heavy atom. The minimum atomic E-state index is 0.762. The molecule has 0 bridgehead atoms. The average molecular weight is 216 g/mol. The maximum absolute atomic E-state index is 10.3. The molecule has 1 aromatic carbocycles. The molecule has 0 fully saturated rings. The summed E-state index contributed by atoms with van der Waals surface area (Å²) in [6, 6.07) is 8.27. The first-order chi connectivity index (χ1) is 7.74. The molecule has 0 amide bonds. The van der Waals surface area contributed by atoms with Crippen LogP contribution in [0.25, 0.3) is 6.08 Å². The van der Waals surface area contributed by atoms with Gasteiger partial charge in [-0.25, -0.2) is 0 Å². The van der Waals surface area contributed by atoms with E-state index in [1.165, 1.54) is 24.0 Å². The largest absolute Gasteiger partial charge is 0.299 e. The molecule has 0 aromatic heterocycles. The Labute approximate surface area is 98.2 Å². The molecule has 0 N–H and O–H groups in total. The fourth-order valence-corrected chi connectivity index (χ4v) is 1.77. The van der Waals surface area contributed by atoms with Gasteiger partial charge in [-0.15, -0.1) is 0 Å². The average Bonchev–Trinajstić information content (AvgIpc) is 2.27. The third-order valence-corrected chi connectivity index (χ3v) is 2.64. The van der Waals surface area contributed by atoms with Gasteiger partial charge in [0.15, 0.2) is 0 Å². The lowest BCUT2D eigenvalue weighted by atomic mass is 9.98. The summed E-state index contributed by atoms with van der Waals surface area (Å²) in [5.41, 5.74) is 2.50. The summed E-state index contributed by atoms with van der Waals surface area (Å²) in [5.74, 6) is 0.762. The SMILES string of the molecule is CC(C)CCCc1ccccc1/C=C/C=O. The normalized spacial score (nSPS) is 11.2. The third-order valence-electron chi connectivity index (χ3n) is 2.64. The number of benzene rings is 1. The van der Waals surface area contributed by atoms with Gasteiger partial charge in [0.25, 0.3) is 0 Å². The Hall–Kier alpha value is -1.37. The molecular weight excluding hydrogens is 196 g/mol. The molecule has 16 heavy (non-hydrogen) atoms. The number of aryl methyl sites for hydroxylation is 1. The van der Waals surface area contributed by atoms with Crippen LogP contribution in [0.1, 0.15) is 37.8 Å². The van der Waals surface area contributed by atoms with E-state index in [0.29, 0.717) is 0 Å². The Morgan fingerprint density at radius 1 is 1.25 bits per heavy atom. The van der Waals surface area contributed by atoms with Gasteiger partial charge in [-0.05, 0) is 36.0 Å². The molecule has 1 rings (SSSR count). The van der Waals surface area contributed by atoms with E-state index in [1.807, 2.05) is 12.1 Å². The van der Waals surface area contributed by atoms with Crippen LogP contribution in [-0.2, 0) is 11.2 Å². The van der Waals surface area contributed by atoms with Gasteiger partial charge in [0, 0.05) is 0 Å². The molecule has 1 aromatic rings. The fourth-order valence-electron chi connectivity index (χ4n) is 1.77. The fraction of sp³-hybridized carbons (Fsp3) is 0.400. The number of carbonyl (C=O) groups excluding carboxylic acids is 1. The van der Waals surface area contributed by atoms with E-state index in [1.54, 1.807) is 6.08 Å². The monoisotopic (exact) mass is 216 g/mol. The summed E-state index contributed by atoms with van der Waals surface area (Å²) in [6.45, 7) is 4.50. The molecule has 86 valence electrons. The highest BCUT2D eigenvalue weighted by molar-refractivity contribution is 5.74. The maximum Gasteiger partial charge on any atom is 0.142 e. The quantitative estimate of drug-likeness (QED) is 0.521. The zero-order valence-electron chi connectivity index (χ0n) is 10.1. The molecule has 0 spiro atoms. The lowest BCUT2D eigenvalue weighted by Gasteiger charge is -2.07. The Bertz CT molecular complexity index is 350. The van der Waals surface area contributed by atoms with Gasteiger partial charge >= 0.3 is 0 Å². The van der Waals surface area contributed by atoms with Crippen LogP contribution in [-0.4, -0.2) is 6.29 Å². The van der Waals surface area contributed by atoms with Crippen molar-refractivity contribution in [1.82, 2.24) is 0 Å². The Kier molecular flexibility index (Phi) is 5.55. The highest BCUT2D eigenvalue weighted by atomic mass is 16.1. The van der Waals surface area contributed by atoms with E-state index in [9.17, 15) is 4.79 Å². The van der Waals surface area contributed by atoms with E-state index in [4.69, 9.17) is 0 Å². The van der Waals surface area contributed by atoms with Crippen LogP contribution >= 0.6 is 0 Å². The second-order valence-electron chi connectivity index (χ2n) is 4.48. The van der Waals surface area contributed by atoms with Crippen molar-refractivity contribution in [2.75, 3.05) is 0 Å². The van der Waals surface area contributed by atoms with Crippen molar-refractivity contribution in [3.05, 3.63) is 41.5 Å². The van der Waals surface area contributed by atoms with E-state index >= 15 is 0 Å². The molecule has 0 saturated carbocycles. The molecule has 0 heterocycles. The number of aldehydes is 1. The maximum atomic E-state index is 10.3. The number of allylic oxidation sites excluding steroid dienone is 1. The van der Waals surface area contributed by atoms with E-state index in [2.05, 4.69) is 32.0 Å². The molecular formula is C15H20O. The number of carbonyl (C=O) groups is 1. The number of hydrogen-bond acceptors (Lipinski definition) is 1. The number of hydrogen-bond donors (Lipinski definition) is 0. The van der Waals surface area contributed by atoms with Crippen LogP contribution in [0.3, 0.4) is 0 Å². The molecule has 0 atom stereocenters. The molecule has 0 saturated heterocycles. The molecule has 1 heteroatoms. The van der Waals surface area contributed by atoms with Crippen molar-refractivity contribution >= 4 is 12.4 Å². The van der Waals surface area contributed by atoms with Crippen molar-refractivity contribution in [2.24, 2.45) is 5.92 Å². The summed E-state index contributed by atoms with van der Waals surface area (Å²) in [6.07, 6.45) is 7.83. The summed E-state index contributed by atoms with van der Waals surface area (Å²) in [5, 5.41) is 0. The standard InChI is InChI=1S/C15H20O/c1-13(2)7-5-10-14-8-3-4-9-15(14)11-6-12-16/h3-4,6,8-9,11-13H,5,7,10H2,1-2H3/b11-6+. The van der Waals surface area contributed by atoms with Crippen LogP contribution < -0.4 is 0 Å². The van der Waals surface area contributed by atoms with Gasteiger partial charge in [-0.3, -0.25) is 4.79 Å². The minimum absolute atomic E-state index is 0.762. The predicted octanol–water partition coefficient (Wildman–Crippen LogP) is 3.88. The molecule has 0 radical (unpaired) electrons. The van der Waals surface area contributed by atoms with Crippen LogP contribution in [0, 0.1) is 5.92 Å². The summed E-state index contributed by atoms with van der Waals surface area (Å²) in [4.78, 5) is 10.3. The third kappa shape index (κ3) is 4.43. The van der Waals surface area contributed by atoms with E-state index in [0.717, 1.165) is 18.6 Å². The van der Waals surface area contributed by atoms with Crippen molar-refractivity contribution in [3.63, 3.8) is 0 Å². The molecule has 0 aliphatic heterocycles. The topological polar surface area (TPSA) is 17.1 Å². The summed E-state index contributed by atoms with van der Waals surface area (Å²) in [7, 11) is 0. The number of rotatable bonds is 6. The second kappa shape index (κ2) is 7.00. The van der Waals surface area contributed by atoms with Crippen LogP contribution in [0.5, 0.6) is 0 Å². The lowest BCUT2D eigenvalue weighted by molar-refractivity contribution is -0.104. The van der Waals surface area contributed by atoms with E-state index in [-0.39, 0.29) is 0 Å². The van der Waals surface area contributed by atoms with Crippen molar-refractivity contribution in [2.45, 2.75) is 33.1 Å². The highest BCUT2D eigenvalue weighted by Gasteiger charge is 2.00. The Morgan fingerprint density at radius 3 is 2.69 bits per heavy atom. The zero-order chi connectivity index (χ0) is 11.8. The molecule has 0 aliphatic carbocycles. The van der Waals surface area contributed by atoms with Crippen LogP contribution in [0.15, 0.2) is 30.3 Å².